The first-order chi connectivity index (χ1) is 15.1. The van der Waals surface area contributed by atoms with E-state index in [1.165, 1.54) is 60.7 Å². The van der Waals surface area contributed by atoms with E-state index in [-0.39, 0.29) is 30.2 Å². The normalized spacial score (nSPS) is 11.2. The van der Waals surface area contributed by atoms with E-state index in [2.05, 4.69) is 4.74 Å². The number of halogens is 4. The van der Waals surface area contributed by atoms with Gasteiger partial charge in [-0.3, -0.25) is 9.80 Å². The number of anilines is 1. The molecule has 0 aliphatic carbocycles. The number of nitrogens with zero attached hydrogens (tertiary/aromatic N) is 1. The first-order valence-electron chi connectivity index (χ1n) is 9.33. The van der Waals surface area contributed by atoms with Crippen molar-refractivity contribution in [1.82, 2.24) is 5.01 Å². The number of rotatable bonds is 7. The number of nitrogens with two attached hydrogens (primary N) is 2. The molecule has 3 aromatic rings. The van der Waals surface area contributed by atoms with Crippen molar-refractivity contribution < 1.29 is 31.8 Å². The van der Waals surface area contributed by atoms with Gasteiger partial charge in [-0.2, -0.15) is 0 Å². The Morgan fingerprint density at radius 1 is 0.906 bits per heavy atom. The number of benzene rings is 3. The molecule has 3 aromatic carbocycles. The largest absolute Gasteiger partial charge is 0.573 e. The van der Waals surface area contributed by atoms with Crippen molar-refractivity contribution >= 4 is 11.6 Å². The highest BCUT2D eigenvalue weighted by Gasteiger charge is 2.31. The number of hydrazine groups is 1. The van der Waals surface area contributed by atoms with Gasteiger partial charge in [0, 0.05) is 5.69 Å². The molecule has 3 rings (SSSR count). The number of carbonyl (C=O) groups is 1. The van der Waals surface area contributed by atoms with E-state index < -0.39 is 18.1 Å². The minimum atomic E-state index is -4.78. The minimum absolute atomic E-state index is 0.0311. The Kier molecular flexibility index (Phi) is 6.84. The van der Waals surface area contributed by atoms with Crippen LogP contribution in [0.15, 0.2) is 66.7 Å². The molecule has 1 amide bonds. The van der Waals surface area contributed by atoms with Gasteiger partial charge in [-0.1, -0.05) is 18.2 Å². The maximum absolute atomic E-state index is 12.9. The van der Waals surface area contributed by atoms with E-state index >= 15 is 0 Å². The van der Waals surface area contributed by atoms with Gasteiger partial charge in [0.1, 0.15) is 23.9 Å². The number of nitrogen functional groups attached to an aromatic ring is 1. The minimum Gasteiger partial charge on any atom is -0.492 e. The van der Waals surface area contributed by atoms with Crippen LogP contribution in [-0.4, -0.2) is 30.4 Å². The van der Waals surface area contributed by atoms with Crippen LogP contribution in [0.25, 0.3) is 11.1 Å². The Hall–Kier alpha value is -3.79. The highest BCUT2D eigenvalue weighted by atomic mass is 19.4. The lowest BCUT2D eigenvalue weighted by molar-refractivity contribution is -0.274. The van der Waals surface area contributed by atoms with Crippen LogP contribution in [-0.2, 0) is 0 Å². The average Bonchev–Trinajstić information content (AvgIpc) is 2.74. The maximum Gasteiger partial charge on any atom is 0.573 e. The van der Waals surface area contributed by atoms with Gasteiger partial charge >= 0.3 is 6.36 Å². The molecule has 168 valence electrons. The second kappa shape index (κ2) is 9.56. The number of hydrogen-bond donors (Lipinski definition) is 2. The lowest BCUT2D eigenvalue weighted by Gasteiger charge is -2.18. The van der Waals surface area contributed by atoms with Crippen molar-refractivity contribution in [2.75, 3.05) is 18.9 Å². The van der Waals surface area contributed by atoms with Gasteiger partial charge < -0.3 is 15.2 Å². The molecule has 0 saturated heterocycles. The number of alkyl halides is 3. The molecule has 0 aromatic heterocycles. The summed E-state index contributed by atoms with van der Waals surface area (Å²) in [6.07, 6.45) is -4.78. The SMILES string of the molecule is Nc1ccc(-c2ccc(OC(F)(F)F)cc2)cc1C(=O)N(N)CCOc1ccc(F)cc1. The first-order valence-corrected chi connectivity index (χ1v) is 9.33. The van der Waals surface area contributed by atoms with Crippen LogP contribution in [0.2, 0.25) is 0 Å². The second-order valence-electron chi connectivity index (χ2n) is 6.68. The molecule has 0 heterocycles. The van der Waals surface area contributed by atoms with E-state index in [9.17, 15) is 22.4 Å². The van der Waals surface area contributed by atoms with Gasteiger partial charge in [-0.15, -0.1) is 13.2 Å². The molecule has 0 spiro atoms. The monoisotopic (exact) mass is 449 g/mol. The summed E-state index contributed by atoms with van der Waals surface area (Å²) in [4.78, 5) is 12.7. The third kappa shape index (κ3) is 6.11. The Balaban J connectivity index is 1.67. The van der Waals surface area contributed by atoms with E-state index in [0.29, 0.717) is 16.9 Å². The summed E-state index contributed by atoms with van der Waals surface area (Å²) in [6.45, 7) is 0.0947. The van der Waals surface area contributed by atoms with Gasteiger partial charge in [-0.25, -0.2) is 10.2 Å². The second-order valence-corrected chi connectivity index (χ2v) is 6.68. The molecule has 0 aliphatic rings. The molecule has 0 unspecified atom stereocenters. The third-order valence-electron chi connectivity index (χ3n) is 4.38. The Labute approximate surface area is 180 Å². The Bertz CT molecular complexity index is 1070. The van der Waals surface area contributed by atoms with Crippen LogP contribution >= 0.6 is 0 Å². The summed E-state index contributed by atoms with van der Waals surface area (Å²) in [6, 6.07) is 15.2. The van der Waals surface area contributed by atoms with E-state index in [0.717, 1.165) is 5.01 Å². The molecule has 0 saturated carbocycles. The van der Waals surface area contributed by atoms with Crippen molar-refractivity contribution in [3.63, 3.8) is 0 Å². The van der Waals surface area contributed by atoms with Gasteiger partial charge in [-0.05, 0) is 59.7 Å². The molecule has 10 heteroatoms. The predicted molar refractivity (Wildman–Crippen MR) is 110 cm³/mol. The fraction of sp³-hybridized carbons (Fsp3) is 0.136. The molecular weight excluding hydrogens is 430 g/mol. The molecule has 6 nitrogen and oxygen atoms in total. The summed E-state index contributed by atoms with van der Waals surface area (Å²) in [5.41, 5.74) is 7.34. The zero-order chi connectivity index (χ0) is 23.3. The van der Waals surface area contributed by atoms with Crippen molar-refractivity contribution in [2.24, 2.45) is 5.84 Å². The van der Waals surface area contributed by atoms with Gasteiger partial charge in [0.25, 0.3) is 5.91 Å². The van der Waals surface area contributed by atoms with E-state index in [1.807, 2.05) is 0 Å². The fourth-order valence-electron chi connectivity index (χ4n) is 2.82. The lowest BCUT2D eigenvalue weighted by atomic mass is 10.0. The smallest absolute Gasteiger partial charge is 0.492 e. The summed E-state index contributed by atoms with van der Waals surface area (Å²) in [7, 11) is 0. The zero-order valence-electron chi connectivity index (χ0n) is 16.6. The molecule has 4 N–H and O–H groups in total. The molecule has 0 aliphatic heterocycles. The van der Waals surface area contributed by atoms with Crippen LogP contribution < -0.4 is 21.1 Å². The molecule has 0 atom stereocenters. The van der Waals surface area contributed by atoms with Crippen LogP contribution in [0, 0.1) is 5.82 Å². The first kappa shape index (κ1) is 22.9. The van der Waals surface area contributed by atoms with Crippen molar-refractivity contribution in [3.8, 4) is 22.6 Å². The Morgan fingerprint density at radius 2 is 1.50 bits per heavy atom. The molecular formula is C22H19F4N3O3. The summed E-state index contributed by atoms with van der Waals surface area (Å²) in [5, 5.41) is 0.930. The fourth-order valence-corrected chi connectivity index (χ4v) is 2.82. The van der Waals surface area contributed by atoms with Crippen LogP contribution in [0.5, 0.6) is 11.5 Å². The number of ether oxygens (including phenoxy) is 2. The average molecular weight is 449 g/mol. The summed E-state index contributed by atoms with van der Waals surface area (Å²) in [5.74, 6) is 4.94. The van der Waals surface area contributed by atoms with Gasteiger partial charge in [0.05, 0.1) is 12.1 Å². The van der Waals surface area contributed by atoms with Crippen LogP contribution in [0.4, 0.5) is 23.2 Å². The third-order valence-corrected chi connectivity index (χ3v) is 4.38. The van der Waals surface area contributed by atoms with Crippen molar-refractivity contribution in [1.29, 1.82) is 0 Å². The van der Waals surface area contributed by atoms with Gasteiger partial charge in [0.2, 0.25) is 0 Å². The number of amides is 1. The van der Waals surface area contributed by atoms with Crippen molar-refractivity contribution in [2.45, 2.75) is 6.36 Å². The molecule has 0 radical (unpaired) electrons. The number of carbonyl (C=O) groups excluding carboxylic acids is 1. The van der Waals surface area contributed by atoms with E-state index in [4.69, 9.17) is 16.3 Å². The van der Waals surface area contributed by atoms with Crippen LogP contribution in [0.3, 0.4) is 0 Å². The summed E-state index contributed by atoms with van der Waals surface area (Å²) >= 11 is 0. The maximum atomic E-state index is 12.9. The predicted octanol–water partition coefficient (Wildman–Crippen LogP) is 4.37. The zero-order valence-corrected chi connectivity index (χ0v) is 16.6. The molecule has 0 fully saturated rings. The quantitative estimate of drug-likeness (QED) is 0.184. The molecule has 32 heavy (non-hydrogen) atoms. The molecule has 0 bridgehead atoms. The Morgan fingerprint density at radius 3 is 2.12 bits per heavy atom. The standard InChI is InChI=1S/C22H19F4N3O3/c23-16-4-8-17(9-5-16)31-12-11-29(28)21(30)19-13-15(3-10-20(19)27)14-1-6-18(7-2-14)32-22(24,25)26/h1-10,13H,11-12,27-28H2. The number of hydrogen-bond acceptors (Lipinski definition) is 5. The highest BCUT2D eigenvalue weighted by molar-refractivity contribution is 6.00. The van der Waals surface area contributed by atoms with Gasteiger partial charge in [0.15, 0.2) is 0 Å². The lowest BCUT2D eigenvalue weighted by Crippen LogP contribution is -2.40. The van der Waals surface area contributed by atoms with Crippen molar-refractivity contribution in [3.05, 3.63) is 78.1 Å². The topological polar surface area (TPSA) is 90.8 Å². The van der Waals surface area contributed by atoms with Crippen LogP contribution in [0.1, 0.15) is 10.4 Å². The van der Waals surface area contributed by atoms with E-state index in [1.54, 1.807) is 6.07 Å². The highest BCUT2D eigenvalue weighted by Crippen LogP contribution is 2.28. The summed E-state index contributed by atoms with van der Waals surface area (Å²) < 4.78 is 59.1.